The minimum Gasteiger partial charge on any atom is -0.392 e. The van der Waals surface area contributed by atoms with Gasteiger partial charge in [0.15, 0.2) is 0 Å². The molecule has 0 unspecified atom stereocenters. The molecule has 1 aromatic carbocycles. The molecule has 17 heavy (non-hydrogen) atoms. The summed E-state index contributed by atoms with van der Waals surface area (Å²) >= 11 is 0. The fourth-order valence-corrected chi connectivity index (χ4v) is 2.52. The molecule has 1 heterocycles. The Bertz CT molecular complexity index is 395. The number of rotatable bonds is 2. The number of hydrogen-bond acceptors (Lipinski definition) is 3. The lowest BCUT2D eigenvalue weighted by Gasteiger charge is -2.38. The average Bonchev–Trinajstić information content (AvgIpc) is 2.33. The highest BCUT2D eigenvalue weighted by atomic mass is 16.3. The highest BCUT2D eigenvalue weighted by Crippen LogP contribution is 2.35. The zero-order valence-corrected chi connectivity index (χ0v) is 10.6. The summed E-state index contributed by atoms with van der Waals surface area (Å²) in [5.74, 6) is 0. The molecule has 0 amide bonds. The molecule has 2 rings (SSSR count). The SMILES string of the molecule is Cc1ccc(CO)c(C2(O)CCN(C)CC2)c1. The molecule has 0 aliphatic carbocycles. The van der Waals surface area contributed by atoms with Crippen LogP contribution in [-0.2, 0) is 12.2 Å². The number of likely N-dealkylation sites (tertiary alicyclic amines) is 1. The van der Waals surface area contributed by atoms with Crippen molar-refractivity contribution < 1.29 is 10.2 Å². The van der Waals surface area contributed by atoms with Gasteiger partial charge in [0.05, 0.1) is 12.2 Å². The molecule has 1 aliphatic heterocycles. The molecule has 0 spiro atoms. The van der Waals surface area contributed by atoms with Crippen molar-refractivity contribution in [3.63, 3.8) is 0 Å². The van der Waals surface area contributed by atoms with E-state index in [4.69, 9.17) is 0 Å². The molecule has 94 valence electrons. The van der Waals surface area contributed by atoms with Crippen molar-refractivity contribution >= 4 is 0 Å². The molecular weight excluding hydrogens is 214 g/mol. The Morgan fingerprint density at radius 2 is 1.94 bits per heavy atom. The van der Waals surface area contributed by atoms with Crippen LogP contribution in [0.25, 0.3) is 0 Å². The summed E-state index contributed by atoms with van der Waals surface area (Å²) in [6.45, 7) is 3.81. The Morgan fingerprint density at radius 3 is 2.53 bits per heavy atom. The lowest BCUT2D eigenvalue weighted by atomic mass is 9.81. The van der Waals surface area contributed by atoms with Gasteiger partial charge in [-0.25, -0.2) is 0 Å². The minimum atomic E-state index is -0.767. The normalized spacial score (nSPS) is 20.5. The van der Waals surface area contributed by atoms with Crippen molar-refractivity contribution in [1.29, 1.82) is 0 Å². The van der Waals surface area contributed by atoms with Crippen LogP contribution < -0.4 is 0 Å². The van der Waals surface area contributed by atoms with Crippen LogP contribution in [0.15, 0.2) is 18.2 Å². The Kier molecular flexibility index (Phi) is 3.52. The van der Waals surface area contributed by atoms with Gasteiger partial charge in [-0.05, 0) is 37.9 Å². The van der Waals surface area contributed by atoms with Gasteiger partial charge in [-0.1, -0.05) is 23.8 Å². The second kappa shape index (κ2) is 4.77. The summed E-state index contributed by atoms with van der Waals surface area (Å²) in [5, 5.41) is 20.1. The molecule has 3 nitrogen and oxygen atoms in total. The second-order valence-corrected chi connectivity index (χ2v) is 5.15. The first-order valence-electron chi connectivity index (χ1n) is 6.17. The molecule has 0 aromatic heterocycles. The zero-order valence-electron chi connectivity index (χ0n) is 10.6. The van der Waals surface area contributed by atoms with Crippen LogP contribution >= 0.6 is 0 Å². The van der Waals surface area contributed by atoms with Crippen LogP contribution in [0.5, 0.6) is 0 Å². The Morgan fingerprint density at radius 1 is 1.29 bits per heavy atom. The van der Waals surface area contributed by atoms with Crippen molar-refractivity contribution in [3.8, 4) is 0 Å². The lowest BCUT2D eigenvalue weighted by Crippen LogP contribution is -2.41. The Hall–Kier alpha value is -0.900. The van der Waals surface area contributed by atoms with E-state index in [2.05, 4.69) is 11.9 Å². The van der Waals surface area contributed by atoms with E-state index in [1.54, 1.807) is 0 Å². The van der Waals surface area contributed by atoms with Gasteiger partial charge in [-0.2, -0.15) is 0 Å². The van der Waals surface area contributed by atoms with E-state index in [0.717, 1.165) is 42.6 Å². The third-order valence-corrected chi connectivity index (χ3v) is 3.75. The summed E-state index contributed by atoms with van der Waals surface area (Å²) in [5.41, 5.74) is 2.12. The number of benzene rings is 1. The smallest absolute Gasteiger partial charge is 0.0924 e. The van der Waals surface area contributed by atoms with E-state index < -0.39 is 5.60 Å². The largest absolute Gasteiger partial charge is 0.392 e. The number of hydrogen-bond donors (Lipinski definition) is 2. The van der Waals surface area contributed by atoms with E-state index in [9.17, 15) is 10.2 Å². The van der Waals surface area contributed by atoms with Crippen LogP contribution in [0.3, 0.4) is 0 Å². The van der Waals surface area contributed by atoms with Crippen molar-refractivity contribution in [2.75, 3.05) is 20.1 Å². The van der Waals surface area contributed by atoms with E-state index in [0.29, 0.717) is 0 Å². The molecule has 3 heteroatoms. The van der Waals surface area contributed by atoms with Gasteiger partial charge in [0, 0.05) is 13.1 Å². The molecule has 0 radical (unpaired) electrons. The van der Waals surface area contributed by atoms with Crippen LogP contribution in [-0.4, -0.2) is 35.3 Å². The summed E-state index contributed by atoms with van der Waals surface area (Å²) < 4.78 is 0. The van der Waals surface area contributed by atoms with Gasteiger partial charge < -0.3 is 15.1 Å². The van der Waals surface area contributed by atoms with E-state index in [1.807, 2.05) is 25.1 Å². The third-order valence-electron chi connectivity index (χ3n) is 3.75. The monoisotopic (exact) mass is 235 g/mol. The topological polar surface area (TPSA) is 43.7 Å². The fourth-order valence-electron chi connectivity index (χ4n) is 2.52. The average molecular weight is 235 g/mol. The molecule has 1 aromatic rings. The van der Waals surface area contributed by atoms with Crippen LogP contribution in [0.1, 0.15) is 29.5 Å². The number of aryl methyl sites for hydroxylation is 1. The van der Waals surface area contributed by atoms with E-state index >= 15 is 0 Å². The maximum absolute atomic E-state index is 10.8. The Balaban J connectivity index is 2.34. The molecule has 2 N–H and O–H groups in total. The molecule has 1 fully saturated rings. The highest BCUT2D eigenvalue weighted by Gasteiger charge is 2.34. The predicted molar refractivity (Wildman–Crippen MR) is 67.7 cm³/mol. The second-order valence-electron chi connectivity index (χ2n) is 5.15. The predicted octanol–water partition coefficient (Wildman–Crippen LogP) is 1.40. The maximum Gasteiger partial charge on any atom is 0.0924 e. The zero-order chi connectivity index (χ0) is 12.5. The molecule has 1 saturated heterocycles. The van der Waals surface area contributed by atoms with E-state index in [-0.39, 0.29) is 6.61 Å². The number of nitrogens with zero attached hydrogens (tertiary/aromatic N) is 1. The van der Waals surface area contributed by atoms with Crippen molar-refractivity contribution in [2.45, 2.75) is 32.0 Å². The van der Waals surface area contributed by atoms with Crippen LogP contribution in [0.4, 0.5) is 0 Å². The number of piperidine rings is 1. The Labute approximate surface area is 103 Å². The first-order valence-corrected chi connectivity index (χ1v) is 6.17. The summed E-state index contributed by atoms with van der Waals surface area (Å²) in [7, 11) is 2.07. The molecule has 1 aliphatic rings. The molecule has 0 atom stereocenters. The molecular formula is C14H21NO2. The summed E-state index contributed by atoms with van der Waals surface area (Å²) in [6.07, 6.45) is 1.47. The quantitative estimate of drug-likeness (QED) is 0.814. The first kappa shape index (κ1) is 12.6. The lowest BCUT2D eigenvalue weighted by molar-refractivity contribution is -0.0217. The van der Waals surface area contributed by atoms with Crippen LogP contribution in [0.2, 0.25) is 0 Å². The van der Waals surface area contributed by atoms with Gasteiger partial charge in [0.2, 0.25) is 0 Å². The van der Waals surface area contributed by atoms with Gasteiger partial charge >= 0.3 is 0 Å². The number of aliphatic hydroxyl groups is 2. The standard InChI is InChI=1S/C14H21NO2/c1-11-3-4-12(10-16)13(9-11)14(17)5-7-15(2)8-6-14/h3-4,9,16-17H,5-8,10H2,1-2H3. The summed E-state index contributed by atoms with van der Waals surface area (Å²) in [6, 6.07) is 5.91. The first-order chi connectivity index (χ1) is 8.05. The highest BCUT2D eigenvalue weighted by molar-refractivity contribution is 5.36. The maximum atomic E-state index is 10.8. The van der Waals surface area contributed by atoms with Gasteiger partial charge in [0.1, 0.15) is 0 Å². The van der Waals surface area contributed by atoms with Crippen molar-refractivity contribution in [3.05, 3.63) is 34.9 Å². The number of aliphatic hydroxyl groups excluding tert-OH is 1. The third kappa shape index (κ3) is 2.51. The van der Waals surface area contributed by atoms with Crippen molar-refractivity contribution in [2.24, 2.45) is 0 Å². The van der Waals surface area contributed by atoms with Gasteiger partial charge in [-0.3, -0.25) is 0 Å². The van der Waals surface area contributed by atoms with Crippen molar-refractivity contribution in [1.82, 2.24) is 4.90 Å². The van der Waals surface area contributed by atoms with Gasteiger partial charge in [0.25, 0.3) is 0 Å². The summed E-state index contributed by atoms with van der Waals surface area (Å²) in [4.78, 5) is 2.23. The molecule has 0 saturated carbocycles. The minimum absolute atomic E-state index is 0.00619. The van der Waals surface area contributed by atoms with Gasteiger partial charge in [-0.15, -0.1) is 0 Å². The van der Waals surface area contributed by atoms with Crippen LogP contribution in [0, 0.1) is 6.92 Å². The molecule has 0 bridgehead atoms. The van der Waals surface area contributed by atoms with E-state index in [1.165, 1.54) is 0 Å². The fraction of sp³-hybridized carbons (Fsp3) is 0.571.